The molecule has 0 aromatic heterocycles. The second kappa shape index (κ2) is 10.7. The molecule has 1 aromatic rings. The molecule has 1 fully saturated rings. The van der Waals surface area contributed by atoms with E-state index in [0.29, 0.717) is 23.0 Å². The fourth-order valence-electron chi connectivity index (χ4n) is 3.30. The number of rotatable bonds is 4. The van der Waals surface area contributed by atoms with Crippen LogP contribution in [0.1, 0.15) is 19.3 Å². The number of allylic oxidation sites excluding steroid dienone is 2. The molecule has 2 aliphatic rings. The molecule has 0 saturated carbocycles. The zero-order valence-corrected chi connectivity index (χ0v) is 17.5. The fraction of sp³-hybridized carbons (Fsp3) is 0.474. The summed E-state index contributed by atoms with van der Waals surface area (Å²) in [6, 6.07) is 6.42. The Morgan fingerprint density at radius 1 is 1.00 bits per heavy atom. The largest absolute Gasteiger partial charge is 0.473 e. The highest BCUT2D eigenvalue weighted by Crippen LogP contribution is 2.22. The van der Waals surface area contributed by atoms with Crippen LogP contribution in [0.3, 0.4) is 0 Å². The van der Waals surface area contributed by atoms with Gasteiger partial charge in [-0.05, 0) is 49.4 Å². The molecular weight excluding hydrogens is 420 g/mol. The Balaban J connectivity index is 0.000000438. The van der Waals surface area contributed by atoms with E-state index in [1.54, 1.807) is 28.6 Å². The van der Waals surface area contributed by atoms with Gasteiger partial charge in [-0.2, -0.15) is 4.31 Å². The van der Waals surface area contributed by atoms with Gasteiger partial charge >= 0.3 is 11.9 Å². The van der Waals surface area contributed by atoms with E-state index in [4.69, 9.17) is 31.4 Å². The number of hydrogen-bond acceptors (Lipinski definition) is 5. The molecule has 1 heterocycles. The average molecular weight is 445 g/mol. The van der Waals surface area contributed by atoms with E-state index in [2.05, 4.69) is 17.1 Å². The van der Waals surface area contributed by atoms with Crippen molar-refractivity contribution < 1.29 is 28.2 Å². The molecule has 1 saturated heterocycles. The van der Waals surface area contributed by atoms with Crippen molar-refractivity contribution in [2.75, 3.05) is 32.7 Å². The summed E-state index contributed by atoms with van der Waals surface area (Å²) in [5, 5.41) is 15.3. The first-order valence-corrected chi connectivity index (χ1v) is 11.1. The van der Waals surface area contributed by atoms with Crippen LogP contribution in [0.4, 0.5) is 0 Å². The zero-order valence-electron chi connectivity index (χ0n) is 15.9. The highest BCUT2D eigenvalue weighted by molar-refractivity contribution is 7.89. The molecule has 0 bridgehead atoms. The molecule has 1 aliphatic heterocycles. The molecule has 0 spiro atoms. The van der Waals surface area contributed by atoms with E-state index >= 15 is 0 Å². The maximum absolute atomic E-state index is 12.7. The summed E-state index contributed by atoms with van der Waals surface area (Å²) >= 11 is 5.84. The Morgan fingerprint density at radius 3 is 2.07 bits per heavy atom. The van der Waals surface area contributed by atoms with Crippen molar-refractivity contribution in [3.05, 3.63) is 41.4 Å². The zero-order chi connectivity index (χ0) is 21.4. The lowest BCUT2D eigenvalue weighted by molar-refractivity contribution is -0.159. The van der Waals surface area contributed by atoms with Crippen molar-refractivity contribution in [1.82, 2.24) is 9.21 Å². The van der Waals surface area contributed by atoms with Gasteiger partial charge in [0, 0.05) is 37.7 Å². The van der Waals surface area contributed by atoms with Crippen LogP contribution in [-0.2, 0) is 19.6 Å². The highest BCUT2D eigenvalue weighted by atomic mass is 35.5. The third kappa shape index (κ3) is 7.11. The lowest BCUT2D eigenvalue weighted by Gasteiger charge is -2.36. The molecule has 8 nitrogen and oxygen atoms in total. The number of carboxylic acid groups (broad SMARTS) is 2. The third-order valence-corrected chi connectivity index (χ3v) is 7.02. The number of sulfonamides is 1. The number of carboxylic acids is 2. The first-order valence-electron chi connectivity index (χ1n) is 9.29. The molecule has 1 atom stereocenters. The smallest absolute Gasteiger partial charge is 0.414 e. The Morgan fingerprint density at radius 2 is 1.59 bits per heavy atom. The predicted molar refractivity (Wildman–Crippen MR) is 108 cm³/mol. The van der Waals surface area contributed by atoms with Crippen molar-refractivity contribution in [3.8, 4) is 0 Å². The van der Waals surface area contributed by atoms with Gasteiger partial charge in [0.15, 0.2) is 0 Å². The van der Waals surface area contributed by atoms with Crippen molar-refractivity contribution in [2.45, 2.75) is 24.2 Å². The third-order valence-electron chi connectivity index (χ3n) is 4.86. The Kier molecular flexibility index (Phi) is 8.63. The second-order valence-corrected chi connectivity index (χ2v) is 9.29. The fourth-order valence-corrected chi connectivity index (χ4v) is 4.84. The van der Waals surface area contributed by atoms with Crippen molar-refractivity contribution in [1.29, 1.82) is 0 Å². The minimum Gasteiger partial charge on any atom is -0.473 e. The monoisotopic (exact) mass is 444 g/mol. The summed E-state index contributed by atoms with van der Waals surface area (Å²) in [4.78, 5) is 20.9. The van der Waals surface area contributed by atoms with Crippen LogP contribution in [-0.4, -0.2) is 72.5 Å². The van der Waals surface area contributed by atoms with Crippen LogP contribution in [0.2, 0.25) is 5.02 Å². The van der Waals surface area contributed by atoms with Crippen molar-refractivity contribution in [3.63, 3.8) is 0 Å². The molecule has 1 unspecified atom stereocenters. The first-order chi connectivity index (χ1) is 13.7. The van der Waals surface area contributed by atoms with Crippen LogP contribution >= 0.6 is 11.6 Å². The van der Waals surface area contributed by atoms with Gasteiger partial charge in [-0.25, -0.2) is 18.0 Å². The molecule has 0 amide bonds. The van der Waals surface area contributed by atoms with E-state index in [1.165, 1.54) is 12.8 Å². The number of halogens is 1. The Labute approximate surface area is 175 Å². The molecule has 160 valence electrons. The predicted octanol–water partition coefficient (Wildman–Crippen LogP) is 2.16. The van der Waals surface area contributed by atoms with Crippen LogP contribution in [0.5, 0.6) is 0 Å². The van der Waals surface area contributed by atoms with E-state index in [-0.39, 0.29) is 0 Å². The molecule has 1 aliphatic carbocycles. The minimum absolute atomic E-state index is 0.327. The number of benzene rings is 1. The summed E-state index contributed by atoms with van der Waals surface area (Å²) in [7, 11) is -3.40. The molecule has 29 heavy (non-hydrogen) atoms. The van der Waals surface area contributed by atoms with Crippen molar-refractivity contribution in [2.24, 2.45) is 5.92 Å². The second-order valence-electron chi connectivity index (χ2n) is 6.92. The molecule has 1 aromatic carbocycles. The normalized spacial score (nSPS) is 20.5. The number of aliphatic carboxylic acids is 2. The minimum atomic E-state index is -3.40. The lowest BCUT2D eigenvalue weighted by Crippen LogP contribution is -2.49. The SMILES string of the molecule is O=C(O)C(=O)O.O=S(=O)(c1ccc(Cl)cc1)N1CCN(CC2CC=CCC2)CC1. The molecule has 0 radical (unpaired) electrons. The van der Waals surface area contributed by atoms with Crippen molar-refractivity contribution >= 4 is 33.6 Å². The van der Waals surface area contributed by atoms with Gasteiger partial charge in [-0.1, -0.05) is 23.8 Å². The maximum atomic E-state index is 12.7. The summed E-state index contributed by atoms with van der Waals surface area (Å²) in [6.07, 6.45) is 8.11. The highest BCUT2D eigenvalue weighted by Gasteiger charge is 2.29. The van der Waals surface area contributed by atoms with Crippen LogP contribution in [0.25, 0.3) is 0 Å². The summed E-state index contributed by atoms with van der Waals surface area (Å²) in [5.41, 5.74) is 0. The number of carbonyl (C=O) groups is 2. The number of piperazine rings is 1. The van der Waals surface area contributed by atoms with Crippen LogP contribution < -0.4 is 0 Å². The average Bonchev–Trinajstić information content (AvgIpc) is 2.70. The van der Waals surface area contributed by atoms with Gasteiger partial charge in [-0.3, -0.25) is 0 Å². The standard InChI is InChI=1S/C17H23ClN2O2S.C2H2O4/c18-16-6-8-17(9-7-16)23(21,22)20-12-10-19(11-13-20)14-15-4-2-1-3-5-15;3-1(4)2(5)6/h1-2,6-9,15H,3-5,10-14H2;(H,3,4)(H,5,6). The van der Waals surface area contributed by atoms with Gasteiger partial charge in [0.1, 0.15) is 0 Å². The van der Waals surface area contributed by atoms with Crippen LogP contribution in [0, 0.1) is 5.92 Å². The topological polar surface area (TPSA) is 115 Å². The maximum Gasteiger partial charge on any atom is 0.414 e. The van der Waals surface area contributed by atoms with Gasteiger partial charge in [0.2, 0.25) is 10.0 Å². The quantitative estimate of drug-likeness (QED) is 0.540. The van der Waals surface area contributed by atoms with E-state index in [0.717, 1.165) is 32.0 Å². The van der Waals surface area contributed by atoms with E-state index < -0.39 is 22.0 Å². The number of hydrogen-bond donors (Lipinski definition) is 2. The summed E-state index contributed by atoms with van der Waals surface area (Å²) in [6.45, 7) is 3.83. The van der Waals surface area contributed by atoms with Gasteiger partial charge < -0.3 is 15.1 Å². The first kappa shape index (κ1) is 23.3. The molecular formula is C19H25ClN2O6S. The Hall–Kier alpha value is -1.94. The van der Waals surface area contributed by atoms with Gasteiger partial charge in [-0.15, -0.1) is 0 Å². The van der Waals surface area contributed by atoms with Gasteiger partial charge in [0.25, 0.3) is 0 Å². The van der Waals surface area contributed by atoms with E-state index in [9.17, 15) is 8.42 Å². The summed E-state index contributed by atoms with van der Waals surface area (Å²) < 4.78 is 26.9. The van der Waals surface area contributed by atoms with Crippen LogP contribution in [0.15, 0.2) is 41.3 Å². The Bertz CT molecular complexity index is 821. The summed E-state index contributed by atoms with van der Waals surface area (Å²) in [5.74, 6) is -2.93. The molecule has 3 rings (SSSR count). The van der Waals surface area contributed by atoms with E-state index in [1.807, 2.05) is 0 Å². The molecule has 2 N–H and O–H groups in total. The number of nitrogens with zero attached hydrogens (tertiary/aromatic N) is 2. The molecule has 10 heteroatoms. The van der Waals surface area contributed by atoms with Gasteiger partial charge in [0.05, 0.1) is 4.90 Å². The lowest BCUT2D eigenvalue weighted by atomic mass is 9.94.